The highest BCUT2D eigenvalue weighted by Crippen LogP contribution is 2.30. The van der Waals surface area contributed by atoms with E-state index < -0.39 is 0 Å². The van der Waals surface area contributed by atoms with E-state index in [0.717, 1.165) is 54.1 Å². The average Bonchev–Trinajstić information content (AvgIpc) is 3.09. The van der Waals surface area contributed by atoms with E-state index >= 15 is 0 Å². The second kappa shape index (κ2) is 6.09. The zero-order valence-corrected chi connectivity index (χ0v) is 14.1. The number of nitrogens with one attached hydrogen (secondary N) is 1. The topological polar surface area (TPSA) is 76.9 Å². The van der Waals surface area contributed by atoms with Gasteiger partial charge in [-0.25, -0.2) is 9.67 Å². The van der Waals surface area contributed by atoms with Crippen LogP contribution in [0.5, 0.6) is 0 Å². The SMILES string of the molecule is O=C(Cn1nc2c(cc1=O)CSCC2)Nc1nc2c(s1)CCC2. The highest BCUT2D eigenvalue weighted by atomic mass is 32.2. The van der Waals surface area contributed by atoms with Crippen molar-refractivity contribution in [3.8, 4) is 0 Å². The summed E-state index contributed by atoms with van der Waals surface area (Å²) in [6, 6.07) is 1.61. The van der Waals surface area contributed by atoms with Crippen LogP contribution in [0.1, 0.15) is 28.2 Å². The van der Waals surface area contributed by atoms with Crippen molar-refractivity contribution in [3.63, 3.8) is 0 Å². The van der Waals surface area contributed by atoms with Gasteiger partial charge >= 0.3 is 0 Å². The molecule has 0 bridgehead atoms. The molecule has 0 spiro atoms. The van der Waals surface area contributed by atoms with Gasteiger partial charge < -0.3 is 5.32 Å². The van der Waals surface area contributed by atoms with E-state index in [1.807, 2.05) is 0 Å². The van der Waals surface area contributed by atoms with Gasteiger partial charge in [0, 0.05) is 23.1 Å². The van der Waals surface area contributed by atoms with Crippen LogP contribution in [0.15, 0.2) is 10.9 Å². The number of nitrogens with zero attached hydrogens (tertiary/aromatic N) is 3. The number of thioether (sulfide) groups is 1. The Morgan fingerprint density at radius 3 is 3.09 bits per heavy atom. The van der Waals surface area contributed by atoms with E-state index in [0.29, 0.717) is 5.13 Å². The molecule has 0 unspecified atom stereocenters. The molecule has 8 heteroatoms. The lowest BCUT2D eigenvalue weighted by Crippen LogP contribution is -2.31. The molecule has 2 aliphatic rings. The van der Waals surface area contributed by atoms with E-state index in [1.165, 1.54) is 20.9 Å². The summed E-state index contributed by atoms with van der Waals surface area (Å²) in [6.07, 6.45) is 4.04. The number of thiazole rings is 1. The largest absolute Gasteiger partial charge is 0.300 e. The van der Waals surface area contributed by atoms with Gasteiger partial charge in [-0.1, -0.05) is 0 Å². The van der Waals surface area contributed by atoms with Gasteiger partial charge in [-0.3, -0.25) is 9.59 Å². The summed E-state index contributed by atoms with van der Waals surface area (Å²) in [4.78, 5) is 30.0. The lowest BCUT2D eigenvalue weighted by molar-refractivity contribution is -0.117. The van der Waals surface area contributed by atoms with Crippen molar-refractivity contribution in [1.82, 2.24) is 14.8 Å². The maximum Gasteiger partial charge on any atom is 0.267 e. The molecule has 0 saturated heterocycles. The molecule has 23 heavy (non-hydrogen) atoms. The van der Waals surface area contributed by atoms with Gasteiger partial charge in [0.05, 0.1) is 11.4 Å². The smallest absolute Gasteiger partial charge is 0.267 e. The minimum absolute atomic E-state index is 0.0660. The predicted octanol–water partition coefficient (Wildman–Crippen LogP) is 1.62. The van der Waals surface area contributed by atoms with Crippen LogP contribution >= 0.6 is 23.1 Å². The van der Waals surface area contributed by atoms with Gasteiger partial charge in [0.2, 0.25) is 5.91 Å². The molecule has 1 amide bonds. The summed E-state index contributed by atoms with van der Waals surface area (Å²) in [6.45, 7) is -0.0660. The Balaban J connectivity index is 1.48. The monoisotopic (exact) mass is 348 g/mol. The van der Waals surface area contributed by atoms with Crippen molar-refractivity contribution in [2.24, 2.45) is 0 Å². The Labute approximate surface area is 141 Å². The number of carbonyl (C=O) groups is 1. The van der Waals surface area contributed by atoms with Crippen LogP contribution in [0.2, 0.25) is 0 Å². The van der Waals surface area contributed by atoms with Gasteiger partial charge in [0.15, 0.2) is 5.13 Å². The fourth-order valence-electron chi connectivity index (χ4n) is 2.90. The molecule has 0 radical (unpaired) electrons. The van der Waals surface area contributed by atoms with Gasteiger partial charge in [-0.15, -0.1) is 11.3 Å². The molecule has 2 aromatic heterocycles. The predicted molar refractivity (Wildman–Crippen MR) is 91.1 cm³/mol. The van der Waals surface area contributed by atoms with E-state index in [-0.39, 0.29) is 18.0 Å². The lowest BCUT2D eigenvalue weighted by Gasteiger charge is -2.15. The van der Waals surface area contributed by atoms with Crippen molar-refractivity contribution in [1.29, 1.82) is 0 Å². The molecule has 0 aromatic carbocycles. The Kier molecular flexibility index (Phi) is 3.94. The zero-order chi connectivity index (χ0) is 15.8. The fraction of sp³-hybridized carbons (Fsp3) is 0.467. The Morgan fingerprint density at radius 1 is 1.30 bits per heavy atom. The second-order valence-electron chi connectivity index (χ2n) is 5.71. The van der Waals surface area contributed by atoms with E-state index in [1.54, 1.807) is 17.8 Å². The number of aryl methyl sites for hydroxylation is 3. The fourth-order valence-corrected chi connectivity index (χ4v) is 4.92. The van der Waals surface area contributed by atoms with E-state index in [4.69, 9.17) is 0 Å². The third-order valence-electron chi connectivity index (χ3n) is 4.04. The van der Waals surface area contributed by atoms with Gasteiger partial charge in [-0.2, -0.15) is 16.9 Å². The first-order chi connectivity index (χ1) is 11.2. The van der Waals surface area contributed by atoms with Crippen LogP contribution in [-0.4, -0.2) is 26.4 Å². The number of hydrogen-bond acceptors (Lipinski definition) is 6. The van der Waals surface area contributed by atoms with E-state index in [2.05, 4.69) is 15.4 Å². The molecule has 3 heterocycles. The average molecular weight is 348 g/mol. The van der Waals surface area contributed by atoms with Crippen LogP contribution in [-0.2, 0) is 36.4 Å². The number of fused-ring (bicyclic) bond motifs is 2. The molecular weight excluding hydrogens is 332 g/mol. The first-order valence-corrected chi connectivity index (χ1v) is 9.62. The molecule has 6 nitrogen and oxygen atoms in total. The molecule has 0 saturated carbocycles. The molecule has 1 aliphatic carbocycles. The number of amides is 1. The third-order valence-corrected chi connectivity index (χ3v) is 6.12. The standard InChI is InChI=1S/C15H16N4O2S2/c20-13(17-15-16-11-2-1-3-12(11)23-15)7-19-14(21)6-9-8-22-5-4-10(9)18-19/h6H,1-5,7-8H2,(H,16,17,20). The molecule has 120 valence electrons. The third kappa shape index (κ3) is 3.05. The van der Waals surface area contributed by atoms with Gasteiger partial charge in [0.25, 0.3) is 5.56 Å². The summed E-state index contributed by atoms with van der Waals surface area (Å²) >= 11 is 3.34. The minimum Gasteiger partial charge on any atom is -0.300 e. The highest BCUT2D eigenvalue weighted by Gasteiger charge is 2.19. The summed E-state index contributed by atoms with van der Waals surface area (Å²) in [5, 5.41) is 7.78. The lowest BCUT2D eigenvalue weighted by atomic mass is 10.2. The van der Waals surface area contributed by atoms with Crippen molar-refractivity contribution in [2.45, 2.75) is 38.0 Å². The Bertz CT molecular complexity index is 806. The number of hydrogen-bond donors (Lipinski definition) is 1. The van der Waals surface area contributed by atoms with Crippen molar-refractivity contribution < 1.29 is 4.79 Å². The molecule has 2 aromatic rings. The molecule has 1 aliphatic heterocycles. The van der Waals surface area contributed by atoms with Crippen LogP contribution in [0.3, 0.4) is 0 Å². The first kappa shape index (κ1) is 14.9. The molecule has 0 fully saturated rings. The summed E-state index contributed by atoms with van der Waals surface area (Å²) in [5.41, 5.74) is 2.82. The van der Waals surface area contributed by atoms with Crippen LogP contribution < -0.4 is 10.9 Å². The number of carbonyl (C=O) groups excluding carboxylic acids is 1. The quantitative estimate of drug-likeness (QED) is 0.912. The van der Waals surface area contributed by atoms with Gasteiger partial charge in [-0.05, 0) is 30.6 Å². The molecule has 4 rings (SSSR count). The summed E-state index contributed by atoms with van der Waals surface area (Å²) in [5.74, 6) is 1.59. The van der Waals surface area contributed by atoms with E-state index in [9.17, 15) is 9.59 Å². The number of rotatable bonds is 3. The second-order valence-corrected chi connectivity index (χ2v) is 7.89. The molecule has 1 N–H and O–H groups in total. The summed E-state index contributed by atoms with van der Waals surface area (Å²) < 4.78 is 1.26. The molecular formula is C15H16N4O2S2. The Morgan fingerprint density at radius 2 is 2.22 bits per heavy atom. The highest BCUT2D eigenvalue weighted by molar-refractivity contribution is 7.98. The Hall–Kier alpha value is -1.67. The van der Waals surface area contributed by atoms with Crippen molar-refractivity contribution >= 4 is 34.1 Å². The van der Waals surface area contributed by atoms with Crippen LogP contribution in [0.25, 0.3) is 0 Å². The first-order valence-electron chi connectivity index (χ1n) is 7.65. The minimum atomic E-state index is -0.253. The number of anilines is 1. The van der Waals surface area contributed by atoms with Gasteiger partial charge in [0.1, 0.15) is 6.54 Å². The normalized spacial score (nSPS) is 16.0. The summed E-state index contributed by atoms with van der Waals surface area (Å²) in [7, 11) is 0. The zero-order valence-electron chi connectivity index (χ0n) is 12.5. The van der Waals surface area contributed by atoms with Crippen molar-refractivity contribution in [2.75, 3.05) is 11.1 Å². The van der Waals surface area contributed by atoms with Crippen LogP contribution in [0.4, 0.5) is 5.13 Å². The number of aromatic nitrogens is 3. The van der Waals surface area contributed by atoms with Crippen molar-refractivity contribution in [3.05, 3.63) is 38.2 Å². The molecule has 0 atom stereocenters. The maximum absolute atomic E-state index is 12.2. The maximum atomic E-state index is 12.2. The van der Waals surface area contributed by atoms with Crippen LogP contribution in [0, 0.1) is 0 Å².